The summed E-state index contributed by atoms with van der Waals surface area (Å²) in [6.45, 7) is 1.42. The lowest BCUT2D eigenvalue weighted by Crippen LogP contribution is -2.29. The molecule has 1 amide bonds. The van der Waals surface area contributed by atoms with Crippen molar-refractivity contribution in [3.8, 4) is 5.75 Å². The second-order valence-corrected chi connectivity index (χ2v) is 7.87. The van der Waals surface area contributed by atoms with Crippen LogP contribution in [0, 0.1) is 0 Å². The highest BCUT2D eigenvalue weighted by Crippen LogP contribution is 2.41. The van der Waals surface area contributed by atoms with Crippen molar-refractivity contribution in [3.63, 3.8) is 0 Å². The zero-order chi connectivity index (χ0) is 22.2. The molecule has 1 unspecified atom stereocenters. The Balaban J connectivity index is 1.63. The molecule has 3 heterocycles. The number of Topliss-reactive ketones (excluding diaryl/α,β-unsaturated/α-hetero) is 1. The summed E-state index contributed by atoms with van der Waals surface area (Å²) in [6, 6.07) is 17.2. The van der Waals surface area contributed by atoms with Crippen LogP contribution in [0.4, 0.5) is 5.69 Å². The van der Waals surface area contributed by atoms with Gasteiger partial charge in [-0.1, -0.05) is 30.3 Å². The molecule has 7 nitrogen and oxygen atoms in total. The van der Waals surface area contributed by atoms with Gasteiger partial charge in [0.2, 0.25) is 0 Å². The van der Waals surface area contributed by atoms with Gasteiger partial charge in [0.1, 0.15) is 23.9 Å². The Bertz CT molecular complexity index is 1200. The number of carbonyl (C=O) groups excluding carboxylic acids is 2. The molecule has 0 bridgehead atoms. The average Bonchev–Trinajstić information content (AvgIpc) is 3.42. The van der Waals surface area contributed by atoms with Crippen LogP contribution in [0.25, 0.3) is 5.76 Å². The van der Waals surface area contributed by atoms with Crippen molar-refractivity contribution in [3.05, 3.63) is 89.4 Å². The number of carbonyl (C=O) groups is 2. The molecule has 0 spiro atoms. The molecule has 1 fully saturated rings. The zero-order valence-electron chi connectivity index (χ0n) is 17.5. The van der Waals surface area contributed by atoms with Gasteiger partial charge < -0.3 is 24.1 Å². The van der Waals surface area contributed by atoms with Gasteiger partial charge in [-0.2, -0.15) is 0 Å². The lowest BCUT2D eigenvalue weighted by atomic mass is 9.95. The van der Waals surface area contributed by atoms with Crippen LogP contribution in [0.2, 0.25) is 0 Å². The summed E-state index contributed by atoms with van der Waals surface area (Å²) in [5.74, 6) is -0.324. The number of fused-ring (bicyclic) bond motifs is 1. The van der Waals surface area contributed by atoms with Gasteiger partial charge in [0.25, 0.3) is 11.7 Å². The Kier molecular flexibility index (Phi) is 4.93. The highest BCUT2D eigenvalue weighted by molar-refractivity contribution is 6.46. The van der Waals surface area contributed by atoms with E-state index in [1.54, 1.807) is 30.3 Å². The maximum absolute atomic E-state index is 13.1. The maximum atomic E-state index is 13.1. The number of hydrogen-bond acceptors (Lipinski definition) is 6. The molecule has 32 heavy (non-hydrogen) atoms. The van der Waals surface area contributed by atoms with E-state index in [4.69, 9.17) is 9.15 Å². The highest BCUT2D eigenvalue weighted by atomic mass is 16.5. The molecule has 3 aromatic rings. The van der Waals surface area contributed by atoms with Crippen LogP contribution in [-0.2, 0) is 16.1 Å². The minimum Gasteiger partial charge on any atom is -0.507 e. The fourth-order valence-electron chi connectivity index (χ4n) is 4.25. The number of rotatable bonds is 4. The van der Waals surface area contributed by atoms with Crippen molar-refractivity contribution < 1.29 is 23.8 Å². The number of aliphatic hydroxyl groups excluding tert-OH is 1. The van der Waals surface area contributed by atoms with Gasteiger partial charge in [-0.05, 0) is 35.9 Å². The topological polar surface area (TPSA) is 83.2 Å². The average molecular weight is 430 g/mol. The summed E-state index contributed by atoms with van der Waals surface area (Å²) in [4.78, 5) is 29.6. The summed E-state index contributed by atoms with van der Waals surface area (Å²) in [5, 5.41) is 11.3. The molecular formula is C25H22N2O5. The van der Waals surface area contributed by atoms with Gasteiger partial charge in [0, 0.05) is 12.6 Å². The number of likely N-dealkylation sites (tertiary alicyclic amines) is 1. The van der Waals surface area contributed by atoms with Gasteiger partial charge in [0.05, 0.1) is 36.7 Å². The predicted molar refractivity (Wildman–Crippen MR) is 118 cm³/mol. The van der Waals surface area contributed by atoms with E-state index in [9.17, 15) is 14.7 Å². The molecule has 1 aromatic heterocycles. The summed E-state index contributed by atoms with van der Waals surface area (Å²) in [7, 11) is 1.94. The van der Waals surface area contributed by atoms with Crippen molar-refractivity contribution in [2.24, 2.45) is 0 Å². The van der Waals surface area contributed by atoms with Crippen LogP contribution in [0.1, 0.15) is 22.9 Å². The summed E-state index contributed by atoms with van der Waals surface area (Å²) in [5.41, 5.74) is 2.07. The summed E-state index contributed by atoms with van der Waals surface area (Å²) < 4.78 is 11.1. The molecule has 1 saturated heterocycles. The van der Waals surface area contributed by atoms with E-state index in [1.165, 1.54) is 11.2 Å². The summed E-state index contributed by atoms with van der Waals surface area (Å²) >= 11 is 0. The normalized spacial score (nSPS) is 19.7. The van der Waals surface area contributed by atoms with E-state index in [1.807, 2.05) is 42.3 Å². The number of benzene rings is 2. The third kappa shape index (κ3) is 3.32. The van der Waals surface area contributed by atoms with E-state index < -0.39 is 17.7 Å². The number of ether oxygens (including phenoxy) is 1. The second kappa shape index (κ2) is 7.92. The number of ketones is 1. The van der Waals surface area contributed by atoms with Gasteiger partial charge in [0.15, 0.2) is 0 Å². The number of furan rings is 1. The Labute approximate surface area is 185 Å². The smallest absolute Gasteiger partial charge is 0.296 e. The Morgan fingerprint density at radius 1 is 1.09 bits per heavy atom. The minimum atomic E-state index is -0.730. The molecule has 5 rings (SSSR count). The van der Waals surface area contributed by atoms with Gasteiger partial charge >= 0.3 is 0 Å². The Hall–Kier alpha value is -4.00. The first-order valence-electron chi connectivity index (χ1n) is 10.4. The van der Waals surface area contributed by atoms with E-state index in [0.717, 1.165) is 17.8 Å². The molecule has 0 radical (unpaired) electrons. The van der Waals surface area contributed by atoms with Crippen LogP contribution in [-0.4, -0.2) is 41.9 Å². The Morgan fingerprint density at radius 2 is 1.91 bits per heavy atom. The van der Waals surface area contributed by atoms with Crippen LogP contribution in [0.3, 0.4) is 0 Å². The molecular weight excluding hydrogens is 408 g/mol. The van der Waals surface area contributed by atoms with Crippen molar-refractivity contribution >= 4 is 23.1 Å². The first-order chi connectivity index (χ1) is 15.5. The van der Waals surface area contributed by atoms with E-state index >= 15 is 0 Å². The fraction of sp³-hybridized carbons (Fsp3) is 0.200. The maximum Gasteiger partial charge on any atom is 0.296 e. The van der Waals surface area contributed by atoms with Crippen LogP contribution < -0.4 is 9.64 Å². The fourth-order valence-corrected chi connectivity index (χ4v) is 4.25. The molecule has 7 heteroatoms. The van der Waals surface area contributed by atoms with Gasteiger partial charge in [-0.3, -0.25) is 9.59 Å². The number of anilines is 1. The second-order valence-electron chi connectivity index (χ2n) is 7.87. The lowest BCUT2D eigenvalue weighted by molar-refractivity contribution is -0.140. The van der Waals surface area contributed by atoms with Crippen molar-refractivity contribution in [2.45, 2.75) is 12.6 Å². The molecule has 2 aromatic carbocycles. The van der Waals surface area contributed by atoms with Gasteiger partial charge in [-0.25, -0.2) is 0 Å². The molecule has 0 saturated carbocycles. The van der Waals surface area contributed by atoms with Crippen LogP contribution >= 0.6 is 0 Å². The Morgan fingerprint density at radius 3 is 2.66 bits per heavy atom. The summed E-state index contributed by atoms with van der Waals surface area (Å²) in [6.07, 6.45) is 1.52. The molecule has 1 atom stereocenters. The molecule has 0 aliphatic carbocycles. The van der Waals surface area contributed by atoms with Crippen LogP contribution in [0.15, 0.2) is 76.9 Å². The van der Waals surface area contributed by atoms with E-state index in [-0.39, 0.29) is 17.9 Å². The SMILES string of the molecule is CN1CCOc2ccc(/C(O)=C3/C(=O)C(=O)N(Cc4ccco4)C3c3ccccc3)cc21. The number of likely N-dealkylation sites (N-methyl/N-ethyl adjacent to an activating group) is 1. The highest BCUT2D eigenvalue weighted by Gasteiger charge is 2.46. The first kappa shape index (κ1) is 19.9. The molecule has 1 N–H and O–H groups in total. The number of aliphatic hydroxyl groups is 1. The zero-order valence-corrected chi connectivity index (χ0v) is 17.5. The van der Waals surface area contributed by atoms with Gasteiger partial charge in [-0.15, -0.1) is 0 Å². The first-order valence-corrected chi connectivity index (χ1v) is 10.4. The molecule has 2 aliphatic heterocycles. The van der Waals surface area contributed by atoms with Crippen molar-refractivity contribution in [2.75, 3.05) is 25.1 Å². The third-order valence-corrected chi connectivity index (χ3v) is 5.89. The predicted octanol–water partition coefficient (Wildman–Crippen LogP) is 3.73. The lowest BCUT2D eigenvalue weighted by Gasteiger charge is -2.28. The minimum absolute atomic E-state index is 0.0621. The molecule has 162 valence electrons. The van der Waals surface area contributed by atoms with E-state index in [0.29, 0.717) is 23.7 Å². The largest absolute Gasteiger partial charge is 0.507 e. The van der Waals surface area contributed by atoms with E-state index in [2.05, 4.69) is 0 Å². The quantitative estimate of drug-likeness (QED) is 0.386. The number of amides is 1. The van der Waals surface area contributed by atoms with Crippen LogP contribution in [0.5, 0.6) is 5.75 Å². The monoisotopic (exact) mass is 430 g/mol. The molecule has 2 aliphatic rings. The standard InChI is InChI=1S/C25H22N2O5/c1-26-11-13-32-20-10-9-17(14-19(20)26)23(28)21-22(16-6-3-2-4-7-16)27(25(30)24(21)29)15-18-8-5-12-31-18/h2-10,12,14,22,28H,11,13,15H2,1H3/b23-21-. The van der Waals surface area contributed by atoms with Crippen molar-refractivity contribution in [1.29, 1.82) is 0 Å². The van der Waals surface area contributed by atoms with Crippen molar-refractivity contribution in [1.82, 2.24) is 4.90 Å². The number of nitrogens with zero attached hydrogens (tertiary/aromatic N) is 2. The third-order valence-electron chi connectivity index (χ3n) is 5.89. The number of hydrogen-bond donors (Lipinski definition) is 1.